The normalized spacial score (nSPS) is 14.2. The number of rotatable bonds is 4. The molecule has 1 atom stereocenters. The van der Waals surface area contributed by atoms with Crippen molar-refractivity contribution in [3.63, 3.8) is 0 Å². The van der Waals surface area contributed by atoms with E-state index in [1.807, 2.05) is 42.5 Å². The molecule has 21 heavy (non-hydrogen) atoms. The van der Waals surface area contributed by atoms with Crippen LogP contribution in [-0.2, 0) is 5.60 Å². The minimum Gasteiger partial charge on any atom is -0.458 e. The van der Waals surface area contributed by atoms with Crippen molar-refractivity contribution in [1.82, 2.24) is 0 Å². The monoisotopic (exact) mass is 320 g/mol. The topological polar surface area (TPSA) is 33.4 Å². The average Bonchev–Trinajstić information content (AvgIpc) is 2.92. The maximum atomic E-state index is 11.1. The predicted molar refractivity (Wildman–Crippen MR) is 86.0 cm³/mol. The Hall–Kier alpha value is -1.48. The fraction of sp³-hybridized carbons (Fsp3) is 0.176. The molecule has 0 fully saturated rings. The zero-order chi connectivity index (χ0) is 14.9. The van der Waals surface area contributed by atoms with Crippen LogP contribution in [0.15, 0.2) is 59.0 Å². The van der Waals surface area contributed by atoms with Crippen molar-refractivity contribution in [3.8, 4) is 0 Å². The molecule has 0 saturated heterocycles. The third-order valence-electron chi connectivity index (χ3n) is 3.59. The number of hydrogen-bond donors (Lipinski definition) is 1. The summed E-state index contributed by atoms with van der Waals surface area (Å²) in [5.74, 6) is 0.801. The molecule has 1 N–H and O–H groups in total. The lowest BCUT2D eigenvalue weighted by Gasteiger charge is -2.25. The highest BCUT2D eigenvalue weighted by atomic mass is 35.5. The van der Waals surface area contributed by atoms with Gasteiger partial charge in [0.2, 0.25) is 0 Å². The maximum absolute atomic E-state index is 11.1. The van der Waals surface area contributed by atoms with Crippen LogP contribution in [0.5, 0.6) is 0 Å². The van der Waals surface area contributed by atoms with Gasteiger partial charge in [0.05, 0.1) is 0 Å². The van der Waals surface area contributed by atoms with Gasteiger partial charge in [-0.3, -0.25) is 0 Å². The van der Waals surface area contributed by atoms with Crippen LogP contribution in [0.2, 0.25) is 5.02 Å². The summed E-state index contributed by atoms with van der Waals surface area (Å²) in [6, 6.07) is 16.6. The molecule has 0 aliphatic carbocycles. The van der Waals surface area contributed by atoms with Crippen LogP contribution < -0.4 is 0 Å². The van der Waals surface area contributed by atoms with E-state index in [1.54, 1.807) is 12.1 Å². The third kappa shape index (κ3) is 2.67. The number of hydrogen-bond acceptors (Lipinski definition) is 2. The second-order valence-electron chi connectivity index (χ2n) is 4.96. The van der Waals surface area contributed by atoms with Gasteiger partial charge >= 0.3 is 0 Å². The highest BCUT2D eigenvalue weighted by molar-refractivity contribution is 6.31. The van der Waals surface area contributed by atoms with Gasteiger partial charge in [0.1, 0.15) is 16.9 Å². The summed E-state index contributed by atoms with van der Waals surface area (Å²) in [6.07, 6.45) is 0.367. The lowest BCUT2D eigenvalue weighted by atomic mass is 9.88. The van der Waals surface area contributed by atoms with Gasteiger partial charge in [0.25, 0.3) is 0 Å². The molecule has 3 rings (SSSR count). The van der Waals surface area contributed by atoms with Crippen LogP contribution >= 0.6 is 23.2 Å². The molecule has 1 heterocycles. The number of fused-ring (bicyclic) bond motifs is 1. The lowest BCUT2D eigenvalue weighted by molar-refractivity contribution is 0.0553. The first-order valence-electron chi connectivity index (χ1n) is 6.67. The van der Waals surface area contributed by atoms with E-state index in [2.05, 4.69) is 0 Å². The summed E-state index contributed by atoms with van der Waals surface area (Å²) in [6.45, 7) is 0. The molecule has 0 amide bonds. The van der Waals surface area contributed by atoms with Gasteiger partial charge < -0.3 is 9.52 Å². The molecule has 1 unspecified atom stereocenters. The number of benzene rings is 2. The summed E-state index contributed by atoms with van der Waals surface area (Å²) < 4.78 is 5.83. The number of alkyl halides is 1. The molecule has 0 aliphatic rings. The second-order valence-corrected chi connectivity index (χ2v) is 5.77. The van der Waals surface area contributed by atoms with E-state index in [0.717, 1.165) is 10.9 Å². The third-order valence-corrected chi connectivity index (χ3v) is 4.02. The Balaban J connectivity index is 2.15. The molecule has 2 nitrogen and oxygen atoms in total. The van der Waals surface area contributed by atoms with Crippen molar-refractivity contribution in [2.75, 3.05) is 5.88 Å². The number of furan rings is 1. The number of aliphatic hydroxyl groups is 1. The standard InChI is InChI=1S/C17H14Cl2O2/c18-9-8-17(20,13-4-2-1-3-5-13)16-11-12-10-14(19)6-7-15(12)21-16/h1-7,10-11,20H,8-9H2. The average molecular weight is 321 g/mol. The summed E-state index contributed by atoms with van der Waals surface area (Å²) in [4.78, 5) is 0. The van der Waals surface area contributed by atoms with E-state index in [9.17, 15) is 5.11 Å². The molecular weight excluding hydrogens is 307 g/mol. The van der Waals surface area contributed by atoms with E-state index in [1.165, 1.54) is 0 Å². The van der Waals surface area contributed by atoms with E-state index in [4.69, 9.17) is 27.6 Å². The molecule has 4 heteroatoms. The van der Waals surface area contributed by atoms with Crippen molar-refractivity contribution in [3.05, 3.63) is 70.9 Å². The van der Waals surface area contributed by atoms with Gasteiger partial charge in [0.15, 0.2) is 0 Å². The quantitative estimate of drug-likeness (QED) is 0.690. The van der Waals surface area contributed by atoms with Crippen molar-refractivity contribution in [1.29, 1.82) is 0 Å². The molecule has 0 spiro atoms. The Labute approximate surface area is 132 Å². The summed E-state index contributed by atoms with van der Waals surface area (Å²) >= 11 is 11.9. The van der Waals surface area contributed by atoms with E-state index < -0.39 is 5.60 Å². The van der Waals surface area contributed by atoms with E-state index in [-0.39, 0.29) is 0 Å². The number of halogens is 2. The van der Waals surface area contributed by atoms with Crippen molar-refractivity contribution >= 4 is 34.2 Å². The minimum atomic E-state index is -1.24. The molecule has 108 valence electrons. The van der Waals surface area contributed by atoms with Crippen LogP contribution in [0.1, 0.15) is 17.7 Å². The molecular formula is C17H14Cl2O2. The fourth-order valence-electron chi connectivity index (χ4n) is 2.48. The Morgan fingerprint density at radius 2 is 1.81 bits per heavy atom. The van der Waals surface area contributed by atoms with E-state index >= 15 is 0 Å². The largest absolute Gasteiger partial charge is 0.458 e. The summed E-state index contributed by atoms with van der Waals surface area (Å²) in [5.41, 5.74) is 0.211. The minimum absolute atomic E-state index is 0.323. The van der Waals surface area contributed by atoms with Crippen molar-refractivity contribution in [2.24, 2.45) is 0 Å². The van der Waals surface area contributed by atoms with E-state index in [0.29, 0.717) is 28.7 Å². The molecule has 3 aromatic rings. The Kier molecular flexibility index (Phi) is 3.94. The maximum Gasteiger partial charge on any atom is 0.148 e. The molecule has 0 radical (unpaired) electrons. The second kappa shape index (κ2) is 5.72. The first-order chi connectivity index (χ1) is 10.1. The first kappa shape index (κ1) is 14.5. The SMILES string of the molecule is OC(CCCl)(c1ccccc1)c1cc2cc(Cl)ccc2o1. The highest BCUT2D eigenvalue weighted by Gasteiger charge is 2.34. The summed E-state index contributed by atoms with van der Waals surface area (Å²) in [5, 5.41) is 12.6. The van der Waals surface area contributed by atoms with Crippen LogP contribution in [0.4, 0.5) is 0 Å². The smallest absolute Gasteiger partial charge is 0.148 e. The molecule has 2 aromatic carbocycles. The fourth-order valence-corrected chi connectivity index (χ4v) is 2.93. The summed E-state index contributed by atoms with van der Waals surface area (Å²) in [7, 11) is 0. The zero-order valence-corrected chi connectivity index (χ0v) is 12.7. The van der Waals surface area contributed by atoms with Gasteiger partial charge in [-0.05, 0) is 29.8 Å². The van der Waals surface area contributed by atoms with Gasteiger partial charge in [-0.15, -0.1) is 11.6 Å². The van der Waals surface area contributed by atoms with Crippen LogP contribution in [0.25, 0.3) is 11.0 Å². The lowest BCUT2D eigenvalue weighted by Crippen LogP contribution is -2.27. The van der Waals surface area contributed by atoms with Crippen LogP contribution in [-0.4, -0.2) is 11.0 Å². The highest BCUT2D eigenvalue weighted by Crippen LogP contribution is 2.37. The van der Waals surface area contributed by atoms with Gasteiger partial charge in [0, 0.05) is 22.7 Å². The first-order valence-corrected chi connectivity index (χ1v) is 7.58. The van der Waals surface area contributed by atoms with Crippen molar-refractivity contribution < 1.29 is 9.52 Å². The van der Waals surface area contributed by atoms with Gasteiger partial charge in [-0.1, -0.05) is 41.9 Å². The zero-order valence-electron chi connectivity index (χ0n) is 11.2. The molecule has 0 bridgehead atoms. The Bertz CT molecular complexity index is 752. The van der Waals surface area contributed by atoms with Gasteiger partial charge in [-0.2, -0.15) is 0 Å². The van der Waals surface area contributed by atoms with Crippen molar-refractivity contribution in [2.45, 2.75) is 12.0 Å². The Morgan fingerprint density at radius 3 is 2.52 bits per heavy atom. The van der Waals surface area contributed by atoms with Crippen LogP contribution in [0.3, 0.4) is 0 Å². The predicted octanol–water partition coefficient (Wildman–Crippen LogP) is 4.95. The van der Waals surface area contributed by atoms with Crippen LogP contribution in [0, 0.1) is 0 Å². The van der Waals surface area contributed by atoms with Gasteiger partial charge in [-0.25, -0.2) is 0 Å². The Morgan fingerprint density at radius 1 is 1.05 bits per heavy atom. The molecule has 1 aromatic heterocycles. The molecule has 0 saturated carbocycles. The molecule has 0 aliphatic heterocycles.